The highest BCUT2D eigenvalue weighted by atomic mass is 32.2. The Morgan fingerprint density at radius 1 is 1.19 bits per heavy atom. The van der Waals surface area contributed by atoms with Crippen LogP contribution in [0.15, 0.2) is 83.2 Å². The monoisotopic (exact) mass is 501 g/mol. The number of nitrogens with zero attached hydrogens (tertiary/aromatic N) is 3. The zero-order valence-electron chi connectivity index (χ0n) is 20.0. The minimum absolute atomic E-state index is 0.0144. The summed E-state index contributed by atoms with van der Waals surface area (Å²) in [6.45, 7) is 3.24. The van der Waals surface area contributed by atoms with Gasteiger partial charge in [0.05, 0.1) is 25.4 Å². The van der Waals surface area contributed by atoms with E-state index < -0.39 is 5.60 Å². The van der Waals surface area contributed by atoms with Gasteiger partial charge in [0, 0.05) is 22.4 Å². The zero-order valence-corrected chi connectivity index (χ0v) is 20.8. The first-order valence-electron chi connectivity index (χ1n) is 12.4. The molecule has 184 valence electrons. The summed E-state index contributed by atoms with van der Waals surface area (Å²) in [6.07, 6.45) is 8.54. The molecule has 2 unspecified atom stereocenters. The second-order valence-corrected chi connectivity index (χ2v) is 10.7. The standard InChI is InChI=1S/C28H27N3O4S/c1-2-19-8-6-14-34-21-10-5-7-18-15-36-22-11-4-3-9-20(22)24(23(18)21)31-17-29(19)27(33)25-26(32)28(16-35-28)12-13-30(25)31/h3-13,19,24,32H,2,14-17H2,1H3/b8-6+/t19-,24+,28?/m0/s1. The van der Waals surface area contributed by atoms with E-state index in [4.69, 9.17) is 9.47 Å². The van der Waals surface area contributed by atoms with Crippen LogP contribution >= 0.6 is 11.8 Å². The van der Waals surface area contributed by atoms with Gasteiger partial charge in [0.1, 0.15) is 12.4 Å². The number of epoxide rings is 1. The molecule has 1 amide bonds. The van der Waals surface area contributed by atoms with Crippen LogP contribution in [0.5, 0.6) is 5.75 Å². The minimum Gasteiger partial charge on any atom is -0.507 e. The third kappa shape index (κ3) is 3.18. The quantitative estimate of drug-likeness (QED) is 0.456. The Bertz CT molecular complexity index is 1350. The van der Waals surface area contributed by atoms with Gasteiger partial charge in [-0.25, -0.2) is 0 Å². The van der Waals surface area contributed by atoms with Crippen LogP contribution in [0.2, 0.25) is 0 Å². The zero-order chi connectivity index (χ0) is 24.4. The molecular weight excluding hydrogens is 474 g/mol. The number of ether oxygens (including phenoxy) is 2. The van der Waals surface area contributed by atoms with Crippen molar-refractivity contribution < 1.29 is 19.4 Å². The molecule has 0 aromatic heterocycles. The molecule has 5 aliphatic rings. The van der Waals surface area contributed by atoms with E-state index in [1.165, 1.54) is 10.5 Å². The van der Waals surface area contributed by atoms with Crippen LogP contribution in [0.3, 0.4) is 0 Å². The molecule has 8 heteroatoms. The Hall–Kier alpha value is -3.20. The van der Waals surface area contributed by atoms with E-state index in [9.17, 15) is 9.90 Å². The lowest BCUT2D eigenvalue weighted by atomic mass is 9.92. The minimum atomic E-state index is -0.884. The molecule has 7 rings (SSSR count). The molecule has 4 atom stereocenters. The van der Waals surface area contributed by atoms with E-state index >= 15 is 0 Å². The van der Waals surface area contributed by atoms with Crippen molar-refractivity contribution in [1.29, 1.82) is 0 Å². The molecule has 1 N–H and O–H groups in total. The summed E-state index contributed by atoms with van der Waals surface area (Å²) in [5.74, 6) is 1.46. The summed E-state index contributed by atoms with van der Waals surface area (Å²) in [6, 6.07) is 14.4. The topological polar surface area (TPSA) is 68.8 Å². The molecule has 36 heavy (non-hydrogen) atoms. The Labute approximate surface area is 214 Å². The van der Waals surface area contributed by atoms with Crippen molar-refractivity contribution >= 4 is 17.7 Å². The average molecular weight is 502 g/mol. The number of aliphatic hydroxyl groups excluding tert-OH is 1. The van der Waals surface area contributed by atoms with Crippen molar-refractivity contribution in [3.63, 3.8) is 0 Å². The Balaban J connectivity index is 1.50. The molecule has 2 aromatic carbocycles. The first-order chi connectivity index (χ1) is 17.6. The Morgan fingerprint density at radius 2 is 2.06 bits per heavy atom. The number of hydrogen-bond donors (Lipinski definition) is 1. The maximum atomic E-state index is 13.9. The van der Waals surface area contributed by atoms with Gasteiger partial charge in [-0.05, 0) is 41.8 Å². The molecule has 0 aliphatic carbocycles. The van der Waals surface area contributed by atoms with Gasteiger partial charge in [-0.1, -0.05) is 43.3 Å². The van der Waals surface area contributed by atoms with Crippen LogP contribution in [0, 0.1) is 0 Å². The van der Waals surface area contributed by atoms with Gasteiger partial charge in [-0.2, -0.15) is 5.01 Å². The van der Waals surface area contributed by atoms with Crippen LogP contribution in [0.25, 0.3) is 0 Å². The van der Waals surface area contributed by atoms with Crippen LogP contribution < -0.4 is 4.74 Å². The van der Waals surface area contributed by atoms with Crippen LogP contribution in [-0.2, 0) is 15.3 Å². The average Bonchev–Trinajstić information content (AvgIpc) is 3.70. The van der Waals surface area contributed by atoms with E-state index in [1.54, 1.807) is 0 Å². The Kier molecular flexibility index (Phi) is 4.99. The summed E-state index contributed by atoms with van der Waals surface area (Å²) in [7, 11) is 0. The van der Waals surface area contributed by atoms with Crippen LogP contribution in [0.4, 0.5) is 0 Å². The van der Waals surface area contributed by atoms with E-state index in [2.05, 4.69) is 48.3 Å². The van der Waals surface area contributed by atoms with Crippen molar-refractivity contribution in [2.24, 2.45) is 0 Å². The van der Waals surface area contributed by atoms with Crippen molar-refractivity contribution in [3.05, 3.63) is 95.0 Å². The molecule has 2 saturated heterocycles. The fourth-order valence-electron chi connectivity index (χ4n) is 5.68. The highest BCUT2D eigenvalue weighted by molar-refractivity contribution is 7.98. The number of hydrazine groups is 1. The van der Waals surface area contributed by atoms with E-state index in [1.807, 2.05) is 52.2 Å². The number of benzene rings is 2. The van der Waals surface area contributed by atoms with Crippen LogP contribution in [-0.4, -0.2) is 57.5 Å². The highest BCUT2D eigenvalue weighted by Gasteiger charge is 2.55. The van der Waals surface area contributed by atoms with E-state index in [0.29, 0.717) is 19.9 Å². The number of rotatable bonds is 1. The van der Waals surface area contributed by atoms with Gasteiger partial charge in [-0.3, -0.25) is 9.80 Å². The summed E-state index contributed by atoms with van der Waals surface area (Å²) < 4.78 is 12.0. The highest BCUT2D eigenvalue weighted by Crippen LogP contribution is 2.50. The van der Waals surface area contributed by atoms with Crippen molar-refractivity contribution in [3.8, 4) is 5.75 Å². The first-order valence-corrected chi connectivity index (χ1v) is 13.4. The summed E-state index contributed by atoms with van der Waals surface area (Å²) in [5.41, 5.74) is 2.84. The molecular formula is C28H27N3O4S. The fourth-order valence-corrected chi connectivity index (χ4v) is 6.77. The normalized spacial score (nSPS) is 31.0. The van der Waals surface area contributed by atoms with Gasteiger partial charge in [0.2, 0.25) is 0 Å². The number of carbonyl (C=O) groups excluding carboxylic acids is 1. The molecule has 0 radical (unpaired) electrons. The number of carbonyl (C=O) groups is 1. The second kappa shape index (κ2) is 8.16. The summed E-state index contributed by atoms with van der Waals surface area (Å²) in [4.78, 5) is 17.0. The lowest BCUT2D eigenvalue weighted by Gasteiger charge is -2.50. The van der Waals surface area contributed by atoms with Crippen molar-refractivity contribution in [2.45, 2.75) is 41.7 Å². The lowest BCUT2D eigenvalue weighted by molar-refractivity contribution is -0.152. The third-order valence-electron chi connectivity index (χ3n) is 7.67. The number of fused-ring (bicyclic) bond motifs is 7. The number of amides is 1. The predicted octanol–water partition coefficient (Wildman–Crippen LogP) is 4.49. The largest absolute Gasteiger partial charge is 0.507 e. The third-order valence-corrected chi connectivity index (χ3v) is 8.81. The molecule has 2 aromatic rings. The van der Waals surface area contributed by atoms with Gasteiger partial charge in [0.15, 0.2) is 17.1 Å². The smallest absolute Gasteiger partial charge is 0.277 e. The fraction of sp³-hybridized carbons (Fsp3) is 0.321. The molecule has 7 nitrogen and oxygen atoms in total. The molecule has 2 fully saturated rings. The van der Waals surface area contributed by atoms with Crippen molar-refractivity contribution in [1.82, 2.24) is 14.9 Å². The van der Waals surface area contributed by atoms with E-state index in [-0.39, 0.29) is 29.4 Å². The van der Waals surface area contributed by atoms with Gasteiger partial charge < -0.3 is 19.5 Å². The first kappa shape index (κ1) is 22.0. The summed E-state index contributed by atoms with van der Waals surface area (Å²) in [5, 5.41) is 15.4. The van der Waals surface area contributed by atoms with E-state index in [0.717, 1.165) is 29.1 Å². The number of aliphatic hydroxyl groups is 1. The van der Waals surface area contributed by atoms with Gasteiger partial charge in [0.25, 0.3) is 5.91 Å². The maximum Gasteiger partial charge on any atom is 0.277 e. The number of thioether (sulfide) groups is 1. The Morgan fingerprint density at radius 3 is 2.89 bits per heavy atom. The molecule has 1 spiro atoms. The molecule has 2 bridgehead atoms. The van der Waals surface area contributed by atoms with Crippen molar-refractivity contribution in [2.75, 3.05) is 19.9 Å². The number of hydrogen-bond acceptors (Lipinski definition) is 7. The summed E-state index contributed by atoms with van der Waals surface area (Å²) >= 11 is 1.82. The molecule has 5 heterocycles. The molecule has 0 saturated carbocycles. The maximum absolute atomic E-state index is 13.9. The predicted molar refractivity (Wildman–Crippen MR) is 136 cm³/mol. The van der Waals surface area contributed by atoms with Gasteiger partial charge >= 0.3 is 0 Å². The SMILES string of the molecule is CC[C@H]1/C=C/COc2cccc3c2[C@@H](c2ccccc2SC3)N2CN1C(=O)C1=C(O)C3(C=CN12)CO3. The van der Waals surface area contributed by atoms with Crippen LogP contribution in [0.1, 0.15) is 36.1 Å². The lowest BCUT2D eigenvalue weighted by Crippen LogP contribution is -2.60. The van der Waals surface area contributed by atoms with Gasteiger partial charge in [-0.15, -0.1) is 11.8 Å². The second-order valence-electron chi connectivity index (χ2n) is 9.66. The molecule has 5 aliphatic heterocycles.